The van der Waals surface area contributed by atoms with Crippen LogP contribution < -0.4 is 4.74 Å². The van der Waals surface area contributed by atoms with Crippen molar-refractivity contribution in [3.63, 3.8) is 0 Å². The first-order valence-corrected chi connectivity index (χ1v) is 10.4. The maximum atomic E-state index is 12.4. The van der Waals surface area contributed by atoms with Gasteiger partial charge in [-0.3, -0.25) is 0 Å². The van der Waals surface area contributed by atoms with E-state index in [1.54, 1.807) is 31.2 Å². The van der Waals surface area contributed by atoms with Crippen LogP contribution in [0.25, 0.3) is 16.7 Å². The van der Waals surface area contributed by atoms with E-state index in [1.807, 2.05) is 41.5 Å². The summed E-state index contributed by atoms with van der Waals surface area (Å²) in [6.45, 7) is 17.3. The average molecular weight is 442 g/mol. The van der Waals surface area contributed by atoms with Gasteiger partial charge >= 0.3 is 5.97 Å². The van der Waals surface area contributed by atoms with Gasteiger partial charge in [-0.15, -0.1) is 15.0 Å². The molecule has 164 valence electrons. The summed E-state index contributed by atoms with van der Waals surface area (Å²) in [5, 5.41) is 20.9. The Morgan fingerprint density at radius 3 is 2.16 bits per heavy atom. The number of benzene rings is 2. The van der Waals surface area contributed by atoms with Crippen molar-refractivity contribution < 1.29 is 14.6 Å². The Balaban J connectivity index is 2.38. The van der Waals surface area contributed by atoms with Crippen molar-refractivity contribution in [2.75, 3.05) is 0 Å². The van der Waals surface area contributed by atoms with Gasteiger partial charge in [-0.1, -0.05) is 59.7 Å². The van der Waals surface area contributed by atoms with Crippen molar-refractivity contribution in [3.05, 3.63) is 52.6 Å². The Morgan fingerprint density at radius 1 is 1.03 bits per heavy atom. The summed E-state index contributed by atoms with van der Waals surface area (Å²) in [5.41, 5.74) is 2.35. The van der Waals surface area contributed by atoms with E-state index in [1.165, 1.54) is 4.80 Å². The molecule has 31 heavy (non-hydrogen) atoms. The second-order valence-corrected chi connectivity index (χ2v) is 10.2. The van der Waals surface area contributed by atoms with Crippen molar-refractivity contribution in [1.29, 1.82) is 0 Å². The number of phenols is 1. The Hall–Kier alpha value is -2.86. The first-order valence-electron chi connectivity index (χ1n) is 10.0. The topological polar surface area (TPSA) is 77.2 Å². The third-order valence-corrected chi connectivity index (χ3v) is 5.09. The van der Waals surface area contributed by atoms with E-state index in [2.05, 4.69) is 16.8 Å². The van der Waals surface area contributed by atoms with Gasteiger partial charge in [0.2, 0.25) is 0 Å². The highest BCUT2D eigenvalue weighted by Crippen LogP contribution is 2.47. The molecule has 0 saturated carbocycles. The van der Waals surface area contributed by atoms with Crippen LogP contribution in [0.1, 0.15) is 59.6 Å². The number of halogens is 1. The number of nitrogens with zero attached hydrogens (tertiary/aromatic N) is 3. The molecule has 0 radical (unpaired) electrons. The van der Waals surface area contributed by atoms with Crippen molar-refractivity contribution in [2.24, 2.45) is 0 Å². The summed E-state index contributed by atoms with van der Waals surface area (Å²) in [7, 11) is 0. The summed E-state index contributed by atoms with van der Waals surface area (Å²) in [6, 6.07) is 6.79. The number of aromatic hydroxyl groups is 1. The number of hydrogen-bond acceptors (Lipinski definition) is 5. The number of carbonyl (C=O) groups excluding carboxylic acids is 1. The van der Waals surface area contributed by atoms with E-state index in [9.17, 15) is 9.90 Å². The van der Waals surface area contributed by atoms with Gasteiger partial charge in [-0.2, -0.15) is 0 Å². The normalized spacial score (nSPS) is 12.3. The number of phenolic OH excluding ortho intramolecular Hbond substituents is 1. The molecule has 0 aliphatic heterocycles. The predicted molar refractivity (Wildman–Crippen MR) is 123 cm³/mol. The van der Waals surface area contributed by atoms with E-state index < -0.39 is 16.8 Å². The molecular formula is C24H28ClN3O3. The third-order valence-electron chi connectivity index (χ3n) is 4.85. The number of aromatic nitrogens is 3. The van der Waals surface area contributed by atoms with Gasteiger partial charge in [-0.05, 0) is 36.0 Å². The lowest BCUT2D eigenvalue weighted by atomic mass is 9.74. The molecule has 1 N–H and O–H groups in total. The van der Waals surface area contributed by atoms with E-state index in [4.69, 9.17) is 16.3 Å². The minimum absolute atomic E-state index is 0.0407. The highest BCUT2D eigenvalue weighted by molar-refractivity contribution is 6.31. The molecule has 0 fully saturated rings. The second kappa shape index (κ2) is 7.68. The molecule has 1 aromatic heterocycles. The first kappa shape index (κ1) is 22.8. The molecule has 7 heteroatoms. The van der Waals surface area contributed by atoms with Gasteiger partial charge in [-0.25, -0.2) is 4.79 Å². The first-order chi connectivity index (χ1) is 14.2. The van der Waals surface area contributed by atoms with Gasteiger partial charge in [0.25, 0.3) is 0 Å². The zero-order valence-electron chi connectivity index (χ0n) is 19.0. The molecule has 6 nitrogen and oxygen atoms in total. The quantitative estimate of drug-likeness (QED) is 0.313. The van der Waals surface area contributed by atoms with E-state index >= 15 is 0 Å². The van der Waals surface area contributed by atoms with Gasteiger partial charge in [0.15, 0.2) is 0 Å². The number of fused-ring (bicyclic) bond motifs is 1. The SMILES string of the molecule is C=C(C)C(=O)Oc1cc(-n2nc3ccc(Cl)cc3n2)c(O)c(C(C)(C)C)c1C(C)(C)C. The predicted octanol–water partition coefficient (Wildman–Crippen LogP) is 5.86. The Labute approximate surface area is 187 Å². The van der Waals surface area contributed by atoms with Crippen LogP contribution in [0.5, 0.6) is 11.5 Å². The summed E-state index contributed by atoms with van der Waals surface area (Å²) in [6.07, 6.45) is 0. The monoisotopic (exact) mass is 441 g/mol. The minimum atomic E-state index is -0.535. The van der Waals surface area contributed by atoms with Crippen molar-refractivity contribution >= 4 is 28.6 Å². The smallest absolute Gasteiger partial charge is 0.338 e. The highest BCUT2D eigenvalue weighted by atomic mass is 35.5. The number of carbonyl (C=O) groups is 1. The van der Waals surface area contributed by atoms with Crippen molar-refractivity contribution in [3.8, 4) is 17.2 Å². The maximum absolute atomic E-state index is 12.4. The van der Waals surface area contributed by atoms with Gasteiger partial charge in [0.05, 0.1) is 0 Å². The highest BCUT2D eigenvalue weighted by Gasteiger charge is 2.34. The standard InChI is InChI=1S/C24H28ClN3O3/c1-13(2)22(30)31-18-12-17(28-26-15-10-9-14(25)11-16(15)27-28)21(29)20(24(6,7)8)19(18)23(3,4)5/h9-12,29H,1H2,2-8H3. The van der Waals surface area contributed by atoms with Crippen LogP contribution >= 0.6 is 11.6 Å². The molecule has 0 aliphatic rings. The molecule has 0 aliphatic carbocycles. The number of hydrogen-bond donors (Lipinski definition) is 1. The van der Waals surface area contributed by atoms with Crippen LogP contribution in [0.15, 0.2) is 36.4 Å². The Bertz CT molecular complexity index is 1200. The Morgan fingerprint density at radius 2 is 1.61 bits per heavy atom. The van der Waals surface area contributed by atoms with E-state index in [0.717, 1.165) is 5.56 Å². The fraction of sp³-hybridized carbons (Fsp3) is 0.375. The molecular weight excluding hydrogens is 414 g/mol. The molecule has 3 aromatic rings. The van der Waals surface area contributed by atoms with Crippen LogP contribution in [0.3, 0.4) is 0 Å². The molecule has 0 amide bonds. The van der Waals surface area contributed by atoms with Crippen LogP contribution in [0, 0.1) is 0 Å². The summed E-state index contributed by atoms with van der Waals surface area (Å²) in [4.78, 5) is 13.8. The summed E-state index contributed by atoms with van der Waals surface area (Å²) >= 11 is 6.08. The lowest BCUT2D eigenvalue weighted by Crippen LogP contribution is -2.25. The fourth-order valence-corrected chi connectivity index (χ4v) is 3.69. The van der Waals surface area contributed by atoms with Crippen LogP contribution in [-0.4, -0.2) is 26.1 Å². The maximum Gasteiger partial charge on any atom is 0.338 e. The van der Waals surface area contributed by atoms with Crippen LogP contribution in [-0.2, 0) is 15.6 Å². The lowest BCUT2D eigenvalue weighted by molar-refractivity contribution is -0.130. The molecule has 3 rings (SSSR count). The second-order valence-electron chi connectivity index (χ2n) is 9.78. The zero-order chi connectivity index (χ0) is 23.3. The molecule has 0 atom stereocenters. The number of ether oxygens (including phenoxy) is 1. The minimum Gasteiger partial charge on any atom is -0.505 e. The fourth-order valence-electron chi connectivity index (χ4n) is 3.52. The van der Waals surface area contributed by atoms with Crippen LogP contribution in [0.2, 0.25) is 5.02 Å². The molecule has 1 heterocycles. The van der Waals surface area contributed by atoms with Crippen LogP contribution in [0.4, 0.5) is 0 Å². The Kier molecular flexibility index (Phi) is 5.65. The van der Waals surface area contributed by atoms with Gasteiger partial charge in [0.1, 0.15) is 28.2 Å². The van der Waals surface area contributed by atoms with E-state index in [-0.39, 0.29) is 11.3 Å². The van der Waals surface area contributed by atoms with Gasteiger partial charge in [0, 0.05) is 27.8 Å². The van der Waals surface area contributed by atoms with Gasteiger partial charge < -0.3 is 9.84 Å². The van der Waals surface area contributed by atoms with Crippen molar-refractivity contribution in [1.82, 2.24) is 15.0 Å². The number of rotatable bonds is 3. The zero-order valence-corrected chi connectivity index (χ0v) is 19.8. The molecule has 0 bridgehead atoms. The third kappa shape index (κ3) is 4.44. The molecule has 0 saturated heterocycles. The molecule has 0 spiro atoms. The molecule has 2 aromatic carbocycles. The number of esters is 1. The van der Waals surface area contributed by atoms with E-state index in [0.29, 0.717) is 33.1 Å². The lowest BCUT2D eigenvalue weighted by Gasteiger charge is -2.33. The average Bonchev–Trinajstić information content (AvgIpc) is 3.03. The largest absolute Gasteiger partial charge is 0.505 e. The van der Waals surface area contributed by atoms with Crippen molar-refractivity contribution in [2.45, 2.75) is 59.3 Å². The summed E-state index contributed by atoms with van der Waals surface area (Å²) < 4.78 is 5.74. The molecule has 0 unspecified atom stereocenters. The summed E-state index contributed by atoms with van der Waals surface area (Å²) in [5.74, 6) is -0.149.